The molecule has 0 fully saturated rings. The lowest BCUT2D eigenvalue weighted by molar-refractivity contribution is -0.151. The molecule has 0 rings (SSSR count). The normalized spacial score (nSPS) is 12.7. The fourth-order valence-electron chi connectivity index (χ4n) is 1.41. The smallest absolute Gasteiger partial charge is 0.338 e. The summed E-state index contributed by atoms with van der Waals surface area (Å²) in [6.45, 7) is 7.61. The Bertz CT molecular complexity index is 218. The highest BCUT2D eigenvalue weighted by atomic mass is 19.4. The van der Waals surface area contributed by atoms with Gasteiger partial charge in [0.05, 0.1) is 6.42 Å². The molecule has 90 valence electrons. The highest BCUT2D eigenvalue weighted by Gasteiger charge is 2.31. The average molecular weight is 225 g/mol. The van der Waals surface area contributed by atoms with Gasteiger partial charge in [0.15, 0.2) is 0 Å². The first-order chi connectivity index (χ1) is 6.58. The third kappa shape index (κ3) is 5.64. The quantitative estimate of drug-likeness (QED) is 0.723. The predicted molar refractivity (Wildman–Crippen MR) is 52.4 cm³/mol. The van der Waals surface area contributed by atoms with Crippen LogP contribution in [0.3, 0.4) is 0 Å². The minimum Gasteiger partial charge on any atom is -0.338 e. The van der Waals surface area contributed by atoms with Crippen molar-refractivity contribution < 1.29 is 18.0 Å². The summed E-state index contributed by atoms with van der Waals surface area (Å²) in [5, 5.41) is 0. The molecule has 0 heterocycles. The molecular weight excluding hydrogens is 207 g/mol. The molecule has 0 aliphatic rings. The van der Waals surface area contributed by atoms with Gasteiger partial charge in [0.1, 0.15) is 0 Å². The third-order valence-corrected chi connectivity index (χ3v) is 2.05. The van der Waals surface area contributed by atoms with Gasteiger partial charge in [0.2, 0.25) is 5.91 Å². The lowest BCUT2D eigenvalue weighted by atomic mass is 10.1. The summed E-state index contributed by atoms with van der Waals surface area (Å²) in [5.41, 5.74) is -0.419. The summed E-state index contributed by atoms with van der Waals surface area (Å²) in [4.78, 5) is 13.0. The van der Waals surface area contributed by atoms with Crippen molar-refractivity contribution in [2.24, 2.45) is 0 Å². The van der Waals surface area contributed by atoms with Gasteiger partial charge in [0.25, 0.3) is 0 Å². The van der Waals surface area contributed by atoms with Crippen LogP contribution in [0.5, 0.6) is 0 Å². The number of halogens is 3. The molecule has 0 aromatic rings. The van der Waals surface area contributed by atoms with Crippen LogP contribution in [0.2, 0.25) is 0 Å². The molecule has 0 aliphatic heterocycles. The molecule has 0 N–H and O–H groups in total. The Labute approximate surface area is 88.4 Å². The predicted octanol–water partition coefficient (Wildman–Crippen LogP) is 2.98. The number of hydrogen-bond acceptors (Lipinski definition) is 1. The molecule has 5 heteroatoms. The molecule has 15 heavy (non-hydrogen) atoms. The van der Waals surface area contributed by atoms with E-state index in [1.807, 2.05) is 20.8 Å². The zero-order valence-electron chi connectivity index (χ0n) is 9.61. The van der Waals surface area contributed by atoms with E-state index >= 15 is 0 Å². The number of nitrogens with zero attached hydrogens (tertiary/aromatic N) is 1. The Morgan fingerprint density at radius 1 is 1.20 bits per heavy atom. The number of hydrogen-bond donors (Lipinski definition) is 0. The fraction of sp³-hybridized carbons (Fsp3) is 0.900. The van der Waals surface area contributed by atoms with Gasteiger partial charge in [-0.05, 0) is 27.7 Å². The summed E-state index contributed by atoms with van der Waals surface area (Å²) < 4.78 is 35.7. The Morgan fingerprint density at radius 3 is 1.93 bits per heavy atom. The van der Waals surface area contributed by atoms with Crippen LogP contribution in [0.25, 0.3) is 0 Å². The molecule has 0 radical (unpaired) electrons. The second-order valence-corrected chi connectivity index (χ2v) is 4.42. The summed E-state index contributed by atoms with van der Waals surface area (Å²) in [6.07, 6.45) is -5.76. The summed E-state index contributed by atoms with van der Waals surface area (Å²) in [6, 6.07) is 0. The fourth-order valence-corrected chi connectivity index (χ4v) is 1.41. The number of carbonyl (C=O) groups is 1. The molecule has 0 saturated heterocycles. The van der Waals surface area contributed by atoms with Crippen LogP contribution in [-0.4, -0.2) is 29.1 Å². The topological polar surface area (TPSA) is 20.3 Å². The maximum atomic E-state index is 11.9. The van der Waals surface area contributed by atoms with Crippen molar-refractivity contribution in [1.82, 2.24) is 4.90 Å². The molecule has 0 atom stereocenters. The molecule has 0 aromatic carbocycles. The van der Waals surface area contributed by atoms with Crippen molar-refractivity contribution >= 4 is 5.91 Å². The first-order valence-corrected chi connectivity index (χ1v) is 4.95. The average Bonchev–Trinajstić information content (AvgIpc) is 1.98. The molecule has 0 aromatic heterocycles. The monoisotopic (exact) mass is 225 g/mol. The van der Waals surface area contributed by atoms with Gasteiger partial charge in [-0.2, -0.15) is 13.2 Å². The molecule has 0 saturated carbocycles. The van der Waals surface area contributed by atoms with Gasteiger partial charge in [0, 0.05) is 18.5 Å². The van der Waals surface area contributed by atoms with Crippen molar-refractivity contribution in [3.63, 3.8) is 0 Å². The third-order valence-electron chi connectivity index (χ3n) is 2.05. The van der Waals surface area contributed by atoms with Crippen molar-refractivity contribution in [1.29, 1.82) is 0 Å². The standard InChI is InChI=1S/C10H18F3NO/c1-5-14(9(2,3)4)8(15)6-7-10(11,12)13/h5-7H2,1-4H3. The van der Waals surface area contributed by atoms with Gasteiger partial charge < -0.3 is 4.90 Å². The number of amides is 1. The molecule has 0 unspecified atom stereocenters. The SMILES string of the molecule is CCN(C(=O)CCC(F)(F)F)C(C)(C)C. The van der Waals surface area contributed by atoms with E-state index < -0.39 is 30.5 Å². The highest BCUT2D eigenvalue weighted by molar-refractivity contribution is 5.76. The largest absolute Gasteiger partial charge is 0.389 e. The molecule has 0 bridgehead atoms. The molecule has 1 amide bonds. The van der Waals surface area contributed by atoms with Crippen molar-refractivity contribution in [3.05, 3.63) is 0 Å². The Morgan fingerprint density at radius 2 is 1.67 bits per heavy atom. The maximum absolute atomic E-state index is 11.9. The van der Waals surface area contributed by atoms with Crippen LogP contribution in [-0.2, 0) is 4.79 Å². The summed E-state index contributed by atoms with van der Waals surface area (Å²) in [5.74, 6) is -0.442. The van der Waals surface area contributed by atoms with E-state index in [0.717, 1.165) is 0 Å². The zero-order chi connectivity index (χ0) is 12.3. The van der Waals surface area contributed by atoms with Gasteiger partial charge in [-0.1, -0.05) is 0 Å². The van der Waals surface area contributed by atoms with Gasteiger partial charge in [-0.15, -0.1) is 0 Å². The highest BCUT2D eigenvalue weighted by Crippen LogP contribution is 2.23. The van der Waals surface area contributed by atoms with Gasteiger partial charge in [-0.3, -0.25) is 4.79 Å². The van der Waals surface area contributed by atoms with E-state index in [2.05, 4.69) is 0 Å². The minimum absolute atomic E-state index is 0.419. The van der Waals surface area contributed by atoms with Gasteiger partial charge >= 0.3 is 6.18 Å². The molecule has 0 spiro atoms. The second kappa shape index (κ2) is 4.86. The van der Waals surface area contributed by atoms with Crippen LogP contribution in [0.1, 0.15) is 40.5 Å². The summed E-state index contributed by atoms with van der Waals surface area (Å²) in [7, 11) is 0. The van der Waals surface area contributed by atoms with E-state index in [1.54, 1.807) is 6.92 Å². The lowest BCUT2D eigenvalue weighted by Crippen LogP contribution is -2.45. The number of alkyl halides is 3. The van der Waals surface area contributed by atoms with Crippen LogP contribution >= 0.6 is 0 Å². The first-order valence-electron chi connectivity index (χ1n) is 4.95. The Kier molecular flexibility index (Phi) is 4.62. The van der Waals surface area contributed by atoms with Crippen molar-refractivity contribution in [3.8, 4) is 0 Å². The lowest BCUT2D eigenvalue weighted by Gasteiger charge is -2.35. The Hall–Kier alpha value is -0.740. The van der Waals surface area contributed by atoms with E-state index in [9.17, 15) is 18.0 Å². The second-order valence-electron chi connectivity index (χ2n) is 4.42. The molecule has 0 aliphatic carbocycles. The van der Waals surface area contributed by atoms with Gasteiger partial charge in [-0.25, -0.2) is 0 Å². The van der Waals surface area contributed by atoms with E-state index in [0.29, 0.717) is 6.54 Å². The van der Waals surface area contributed by atoms with Crippen LogP contribution in [0.15, 0.2) is 0 Å². The summed E-state index contributed by atoms with van der Waals surface area (Å²) >= 11 is 0. The number of carbonyl (C=O) groups excluding carboxylic acids is 1. The van der Waals surface area contributed by atoms with E-state index in [4.69, 9.17) is 0 Å². The Balaban J connectivity index is 4.31. The minimum atomic E-state index is -4.26. The van der Waals surface area contributed by atoms with Crippen LogP contribution < -0.4 is 0 Å². The maximum Gasteiger partial charge on any atom is 0.389 e. The molecule has 2 nitrogen and oxygen atoms in total. The van der Waals surface area contributed by atoms with E-state index in [-0.39, 0.29) is 0 Å². The van der Waals surface area contributed by atoms with Crippen LogP contribution in [0.4, 0.5) is 13.2 Å². The molecular formula is C10H18F3NO. The van der Waals surface area contributed by atoms with Crippen molar-refractivity contribution in [2.45, 2.75) is 52.3 Å². The first kappa shape index (κ1) is 14.3. The zero-order valence-corrected chi connectivity index (χ0v) is 9.61. The number of rotatable bonds is 3. The van der Waals surface area contributed by atoms with E-state index in [1.165, 1.54) is 4.90 Å². The van der Waals surface area contributed by atoms with Crippen molar-refractivity contribution in [2.75, 3.05) is 6.54 Å². The van der Waals surface area contributed by atoms with Crippen LogP contribution in [0, 0.1) is 0 Å².